The van der Waals surface area contributed by atoms with Crippen LogP contribution in [0.5, 0.6) is 0 Å². The Morgan fingerprint density at radius 3 is 2.85 bits per heavy atom. The molecule has 26 heavy (non-hydrogen) atoms. The fourth-order valence-electron chi connectivity index (χ4n) is 2.90. The lowest BCUT2D eigenvalue weighted by Crippen LogP contribution is -2.18. The Morgan fingerprint density at radius 1 is 1.23 bits per heavy atom. The topological polar surface area (TPSA) is 84.0 Å². The Morgan fingerprint density at radius 2 is 2.08 bits per heavy atom. The number of thiazole rings is 2. The van der Waals surface area contributed by atoms with Crippen LogP contribution in [-0.2, 0) is 11.2 Å². The highest BCUT2D eigenvalue weighted by atomic mass is 32.1. The van der Waals surface area contributed by atoms with Crippen molar-refractivity contribution >= 4 is 45.3 Å². The first-order valence-electron chi connectivity index (χ1n) is 8.13. The minimum absolute atomic E-state index is 0.0523. The third kappa shape index (κ3) is 3.25. The van der Waals surface area contributed by atoms with Crippen molar-refractivity contribution in [2.75, 3.05) is 10.6 Å². The molecule has 3 heterocycles. The molecule has 0 fully saturated rings. The van der Waals surface area contributed by atoms with Gasteiger partial charge in [0.1, 0.15) is 5.69 Å². The minimum Gasteiger partial charge on any atom is -0.326 e. The number of nitrogens with one attached hydrogen (secondary N) is 2. The molecule has 1 aliphatic heterocycles. The number of benzene rings is 1. The number of rotatable bonds is 3. The molecule has 2 amide bonds. The highest BCUT2D eigenvalue weighted by Gasteiger charge is 2.18. The number of aromatic nitrogens is 2. The highest BCUT2D eigenvalue weighted by Crippen LogP contribution is 2.31. The maximum absolute atomic E-state index is 12.4. The van der Waals surface area contributed by atoms with Gasteiger partial charge in [-0.2, -0.15) is 0 Å². The maximum Gasteiger partial charge on any atom is 0.277 e. The normalized spacial score (nSPS) is 13.2. The van der Waals surface area contributed by atoms with Crippen molar-refractivity contribution in [1.29, 1.82) is 0 Å². The summed E-state index contributed by atoms with van der Waals surface area (Å²) in [5.74, 6) is -0.183. The molecule has 8 heteroatoms. The molecule has 132 valence electrons. The van der Waals surface area contributed by atoms with E-state index in [0.29, 0.717) is 17.2 Å². The molecule has 0 radical (unpaired) electrons. The predicted molar refractivity (Wildman–Crippen MR) is 104 cm³/mol. The third-order valence-electron chi connectivity index (χ3n) is 4.14. The van der Waals surface area contributed by atoms with Crippen LogP contribution in [0.3, 0.4) is 0 Å². The molecule has 0 saturated heterocycles. The number of anilines is 2. The predicted octanol–water partition coefficient (Wildman–Crippen LogP) is 4.02. The zero-order valence-corrected chi connectivity index (χ0v) is 15.9. The van der Waals surface area contributed by atoms with Crippen molar-refractivity contribution in [3.63, 3.8) is 0 Å². The summed E-state index contributed by atoms with van der Waals surface area (Å²) in [4.78, 5) is 33.5. The van der Waals surface area contributed by atoms with Crippen LogP contribution >= 0.6 is 22.7 Å². The monoisotopic (exact) mass is 384 g/mol. The molecule has 2 N–H and O–H groups in total. The number of fused-ring (bicyclic) bond motifs is 1. The van der Waals surface area contributed by atoms with Gasteiger partial charge in [-0.3, -0.25) is 14.9 Å². The molecule has 1 aromatic carbocycles. The zero-order valence-electron chi connectivity index (χ0n) is 14.3. The number of carbonyl (C=O) groups is 2. The fraction of sp³-hybridized carbons (Fsp3) is 0.222. The van der Waals surface area contributed by atoms with E-state index in [1.165, 1.54) is 22.7 Å². The second-order valence-corrected chi connectivity index (χ2v) is 8.32. The summed E-state index contributed by atoms with van der Waals surface area (Å²) < 4.78 is 0. The largest absolute Gasteiger partial charge is 0.326 e. The average Bonchev–Trinajstić information content (AvgIpc) is 3.20. The van der Waals surface area contributed by atoms with Gasteiger partial charge in [0.25, 0.3) is 5.91 Å². The quantitative estimate of drug-likeness (QED) is 0.714. The van der Waals surface area contributed by atoms with Crippen molar-refractivity contribution in [1.82, 2.24) is 9.97 Å². The van der Waals surface area contributed by atoms with E-state index in [9.17, 15) is 9.59 Å². The van der Waals surface area contributed by atoms with Crippen molar-refractivity contribution < 1.29 is 9.59 Å². The van der Waals surface area contributed by atoms with E-state index in [1.54, 1.807) is 0 Å². The molecule has 0 atom stereocenters. The Kier molecular flexibility index (Phi) is 4.29. The number of amides is 2. The van der Waals surface area contributed by atoms with Gasteiger partial charge >= 0.3 is 0 Å². The summed E-state index contributed by atoms with van der Waals surface area (Å²) in [6, 6.07) is 5.88. The van der Waals surface area contributed by atoms with Gasteiger partial charge < -0.3 is 5.32 Å². The highest BCUT2D eigenvalue weighted by molar-refractivity contribution is 7.14. The lowest BCUT2D eigenvalue weighted by Gasteiger charge is -2.17. The second-order valence-electron chi connectivity index (χ2n) is 6.05. The van der Waals surface area contributed by atoms with Crippen LogP contribution < -0.4 is 10.6 Å². The van der Waals surface area contributed by atoms with E-state index >= 15 is 0 Å². The smallest absolute Gasteiger partial charge is 0.277 e. The molecule has 0 aliphatic carbocycles. The molecule has 0 spiro atoms. The van der Waals surface area contributed by atoms with Gasteiger partial charge in [0, 0.05) is 27.9 Å². The van der Waals surface area contributed by atoms with Crippen LogP contribution in [-0.4, -0.2) is 21.8 Å². The molecule has 1 aliphatic rings. The maximum atomic E-state index is 12.4. The first-order valence-corrected chi connectivity index (χ1v) is 9.83. The number of aryl methyl sites for hydroxylation is 3. The standard InChI is InChI=1S/C18H16N4O2S2/c1-9-16(19-10(2)26-9)17(24)22-18-21-14(8-25-18)12-3-5-13-11(7-12)4-6-15(23)20-13/h3,5,7-8H,4,6H2,1-2H3,(H,20,23)(H,21,22,24). The van der Waals surface area contributed by atoms with Gasteiger partial charge in [0.15, 0.2) is 5.13 Å². The van der Waals surface area contributed by atoms with Gasteiger partial charge in [-0.15, -0.1) is 22.7 Å². The van der Waals surface area contributed by atoms with Crippen molar-refractivity contribution in [2.45, 2.75) is 26.7 Å². The number of nitrogens with zero attached hydrogens (tertiary/aromatic N) is 2. The minimum atomic E-state index is -0.235. The van der Waals surface area contributed by atoms with Gasteiger partial charge in [0.05, 0.1) is 10.7 Å². The Hall–Kier alpha value is -2.58. The lowest BCUT2D eigenvalue weighted by molar-refractivity contribution is -0.116. The molecule has 0 saturated carbocycles. The summed E-state index contributed by atoms with van der Waals surface area (Å²) >= 11 is 2.89. The Balaban J connectivity index is 1.54. The van der Waals surface area contributed by atoms with E-state index in [-0.39, 0.29) is 11.8 Å². The molecule has 0 bridgehead atoms. The van der Waals surface area contributed by atoms with Crippen molar-refractivity contribution in [3.05, 3.63) is 44.7 Å². The summed E-state index contributed by atoms with van der Waals surface area (Å²) in [6.07, 6.45) is 1.23. The Labute approximate surface area is 158 Å². The average molecular weight is 384 g/mol. The van der Waals surface area contributed by atoms with E-state index < -0.39 is 0 Å². The molecule has 3 aromatic rings. The van der Waals surface area contributed by atoms with Gasteiger partial charge in [-0.25, -0.2) is 9.97 Å². The van der Waals surface area contributed by atoms with Crippen LogP contribution in [0.25, 0.3) is 11.3 Å². The summed E-state index contributed by atoms with van der Waals surface area (Å²) in [7, 11) is 0. The van der Waals surface area contributed by atoms with Gasteiger partial charge in [-0.1, -0.05) is 6.07 Å². The van der Waals surface area contributed by atoms with E-state index in [2.05, 4.69) is 20.6 Å². The summed E-state index contributed by atoms with van der Waals surface area (Å²) in [5, 5.41) is 9.03. The van der Waals surface area contributed by atoms with E-state index in [1.807, 2.05) is 37.4 Å². The summed E-state index contributed by atoms with van der Waals surface area (Å²) in [6.45, 7) is 3.77. The molecule has 6 nitrogen and oxygen atoms in total. The summed E-state index contributed by atoms with van der Waals surface area (Å²) in [5.41, 5.74) is 4.19. The number of carbonyl (C=O) groups excluding carboxylic acids is 2. The number of hydrogen-bond donors (Lipinski definition) is 2. The van der Waals surface area contributed by atoms with Crippen LogP contribution in [0.4, 0.5) is 10.8 Å². The van der Waals surface area contributed by atoms with Crippen LogP contribution in [0.1, 0.15) is 32.4 Å². The molecule has 0 unspecified atom stereocenters. The van der Waals surface area contributed by atoms with Crippen LogP contribution in [0.2, 0.25) is 0 Å². The fourth-order valence-corrected chi connectivity index (χ4v) is 4.43. The molecular formula is C18H16N4O2S2. The van der Waals surface area contributed by atoms with E-state index in [4.69, 9.17) is 0 Å². The SMILES string of the molecule is Cc1nc(C(=O)Nc2nc(-c3ccc4c(c3)CCC(=O)N4)cs2)c(C)s1. The van der Waals surface area contributed by atoms with Gasteiger partial charge in [-0.05, 0) is 38.0 Å². The zero-order chi connectivity index (χ0) is 18.3. The molecule has 4 rings (SSSR count). The number of hydrogen-bond acceptors (Lipinski definition) is 6. The first kappa shape index (κ1) is 16.9. The molecular weight excluding hydrogens is 368 g/mol. The van der Waals surface area contributed by atoms with E-state index in [0.717, 1.165) is 38.8 Å². The lowest BCUT2D eigenvalue weighted by atomic mass is 9.99. The Bertz CT molecular complexity index is 1020. The van der Waals surface area contributed by atoms with Gasteiger partial charge in [0.2, 0.25) is 5.91 Å². The van der Waals surface area contributed by atoms with Crippen LogP contribution in [0, 0.1) is 13.8 Å². The van der Waals surface area contributed by atoms with Crippen LogP contribution in [0.15, 0.2) is 23.6 Å². The molecule has 2 aromatic heterocycles. The third-order valence-corrected chi connectivity index (χ3v) is 5.78. The van der Waals surface area contributed by atoms with Crippen molar-refractivity contribution in [2.24, 2.45) is 0 Å². The van der Waals surface area contributed by atoms with Crippen molar-refractivity contribution in [3.8, 4) is 11.3 Å². The second kappa shape index (κ2) is 6.62. The first-order chi connectivity index (χ1) is 12.5.